The summed E-state index contributed by atoms with van der Waals surface area (Å²) in [5.74, 6) is 1.94. The third kappa shape index (κ3) is 8.44. The van der Waals surface area contributed by atoms with E-state index in [0.717, 1.165) is 36.0 Å². The molecule has 9 nitrogen and oxygen atoms in total. The van der Waals surface area contributed by atoms with Crippen molar-refractivity contribution in [2.75, 3.05) is 24.5 Å². The zero-order valence-electron chi connectivity index (χ0n) is 22.8. The average molecular weight is 596 g/mol. The first kappa shape index (κ1) is 30.4. The molecule has 216 valence electrons. The Kier molecular flexibility index (Phi) is 9.57. The summed E-state index contributed by atoms with van der Waals surface area (Å²) in [7, 11) is -8.04. The van der Waals surface area contributed by atoms with Crippen LogP contribution in [0.3, 0.4) is 0 Å². The van der Waals surface area contributed by atoms with E-state index in [2.05, 4.69) is 51.6 Å². The molecule has 4 aromatic rings. The summed E-state index contributed by atoms with van der Waals surface area (Å²) >= 11 is 0. The lowest BCUT2D eigenvalue weighted by atomic mass is 9.96. The van der Waals surface area contributed by atoms with Gasteiger partial charge in [-0.2, -0.15) is 16.8 Å². The molecule has 0 radical (unpaired) electrons. The van der Waals surface area contributed by atoms with Crippen LogP contribution in [0.25, 0.3) is 11.1 Å². The Hall–Kier alpha value is -3.61. The molecule has 2 saturated heterocycles. The second kappa shape index (κ2) is 12.9. The SMILES string of the molecule is Cc1ccc(S(=O)(=O)O)cc1.Cc1ccc(S(=O)(=O)O)cc1.c1ccc(-c2ccc(N3C[C@@H]4CN[C@@H]4C3)nc2)cc1. The maximum absolute atomic E-state index is 10.5. The molecule has 0 amide bonds. The zero-order valence-corrected chi connectivity index (χ0v) is 24.4. The van der Waals surface area contributed by atoms with Crippen LogP contribution in [-0.2, 0) is 20.2 Å². The van der Waals surface area contributed by atoms with Crippen molar-refractivity contribution in [1.82, 2.24) is 10.3 Å². The van der Waals surface area contributed by atoms with Crippen molar-refractivity contribution >= 4 is 26.1 Å². The summed E-state index contributed by atoms with van der Waals surface area (Å²) in [6.45, 7) is 7.10. The quantitative estimate of drug-likeness (QED) is 0.288. The summed E-state index contributed by atoms with van der Waals surface area (Å²) in [5.41, 5.74) is 4.32. The van der Waals surface area contributed by atoms with Gasteiger partial charge in [-0.05, 0) is 55.8 Å². The number of fused-ring (bicyclic) bond motifs is 1. The van der Waals surface area contributed by atoms with E-state index in [1.165, 1.54) is 41.9 Å². The third-order valence-corrected chi connectivity index (χ3v) is 8.64. The average Bonchev–Trinajstić information content (AvgIpc) is 3.23. The minimum Gasteiger partial charge on any atom is -0.355 e. The van der Waals surface area contributed by atoms with Crippen LogP contribution in [0.5, 0.6) is 0 Å². The number of benzene rings is 3. The molecule has 6 rings (SSSR count). The predicted octanol–water partition coefficient (Wildman–Crippen LogP) is 4.64. The van der Waals surface area contributed by atoms with E-state index in [0.29, 0.717) is 6.04 Å². The van der Waals surface area contributed by atoms with Crippen LogP contribution >= 0.6 is 0 Å². The van der Waals surface area contributed by atoms with Gasteiger partial charge in [0.2, 0.25) is 0 Å². The van der Waals surface area contributed by atoms with Crippen LogP contribution in [0, 0.1) is 19.8 Å². The smallest absolute Gasteiger partial charge is 0.294 e. The molecule has 0 aliphatic carbocycles. The highest BCUT2D eigenvalue weighted by Gasteiger charge is 2.39. The maximum Gasteiger partial charge on any atom is 0.294 e. The lowest BCUT2D eigenvalue weighted by molar-refractivity contribution is 0.297. The fourth-order valence-electron chi connectivity index (χ4n) is 4.43. The van der Waals surface area contributed by atoms with Crippen LogP contribution in [0.4, 0.5) is 5.82 Å². The van der Waals surface area contributed by atoms with E-state index in [1.54, 1.807) is 24.3 Å². The highest BCUT2D eigenvalue weighted by molar-refractivity contribution is 7.86. The van der Waals surface area contributed by atoms with Crippen molar-refractivity contribution < 1.29 is 25.9 Å². The fraction of sp³-hybridized carbons (Fsp3) is 0.233. The standard InChI is InChI=1S/C16H17N3.2C7H8O3S/c1-2-4-12(5-3-1)13-6-7-16(18-8-13)19-10-14-9-17-15(14)11-19;2*1-6-2-4-7(5-3-6)11(8,9)10/h1-8,14-15,17H,9-11H2;2*2-5H,1H3,(H,8,9,10)/t14-,15+;;/m0../s1. The Balaban J connectivity index is 0.000000153. The zero-order chi connectivity index (χ0) is 29.6. The fourth-order valence-corrected chi connectivity index (χ4v) is 5.39. The Labute approximate surface area is 241 Å². The van der Waals surface area contributed by atoms with Gasteiger partial charge in [0, 0.05) is 43.4 Å². The summed E-state index contributed by atoms with van der Waals surface area (Å²) in [5, 5.41) is 3.47. The molecule has 1 aromatic heterocycles. The van der Waals surface area contributed by atoms with E-state index in [1.807, 2.05) is 26.1 Å². The van der Waals surface area contributed by atoms with Crippen molar-refractivity contribution in [3.8, 4) is 11.1 Å². The molecule has 0 saturated carbocycles. The molecule has 3 heterocycles. The Morgan fingerprint density at radius 2 is 1.24 bits per heavy atom. The van der Waals surface area contributed by atoms with Crippen LogP contribution in [0.2, 0.25) is 0 Å². The molecule has 0 spiro atoms. The molecule has 0 bridgehead atoms. The van der Waals surface area contributed by atoms with Gasteiger partial charge in [-0.25, -0.2) is 4.98 Å². The summed E-state index contributed by atoms with van der Waals surface area (Å²) in [4.78, 5) is 6.89. The normalized spacial score (nSPS) is 17.7. The lowest BCUT2D eigenvalue weighted by Gasteiger charge is -2.29. The third-order valence-electron chi connectivity index (χ3n) is 6.90. The molecular formula is C30H33N3O6S2. The van der Waals surface area contributed by atoms with Crippen molar-refractivity contribution in [3.05, 3.63) is 108 Å². The van der Waals surface area contributed by atoms with Crippen molar-refractivity contribution in [2.45, 2.75) is 29.7 Å². The Morgan fingerprint density at radius 3 is 1.61 bits per heavy atom. The topological polar surface area (TPSA) is 137 Å². The second-order valence-corrected chi connectivity index (χ2v) is 12.9. The van der Waals surface area contributed by atoms with E-state index in [-0.39, 0.29) is 9.79 Å². The van der Waals surface area contributed by atoms with Crippen molar-refractivity contribution in [3.63, 3.8) is 0 Å². The molecule has 3 aromatic carbocycles. The Bertz CT molecular complexity index is 1560. The van der Waals surface area contributed by atoms with Crippen LogP contribution in [0.1, 0.15) is 11.1 Å². The van der Waals surface area contributed by atoms with Gasteiger partial charge in [0.25, 0.3) is 20.2 Å². The predicted molar refractivity (Wildman–Crippen MR) is 159 cm³/mol. The second-order valence-electron chi connectivity index (χ2n) is 10.0. The highest BCUT2D eigenvalue weighted by Crippen LogP contribution is 2.28. The van der Waals surface area contributed by atoms with E-state index >= 15 is 0 Å². The molecule has 11 heteroatoms. The van der Waals surface area contributed by atoms with E-state index in [9.17, 15) is 16.8 Å². The lowest BCUT2D eigenvalue weighted by Crippen LogP contribution is -2.51. The Morgan fingerprint density at radius 1 is 0.707 bits per heavy atom. The number of rotatable bonds is 4. The molecule has 2 aliphatic rings. The number of anilines is 1. The first-order valence-electron chi connectivity index (χ1n) is 13.0. The molecule has 2 atom stereocenters. The molecular weight excluding hydrogens is 562 g/mol. The van der Waals surface area contributed by atoms with Crippen molar-refractivity contribution in [2.24, 2.45) is 5.92 Å². The van der Waals surface area contributed by atoms with Crippen LogP contribution in [0.15, 0.2) is 107 Å². The summed E-state index contributed by atoms with van der Waals surface area (Å²) < 4.78 is 59.1. The number of hydrogen-bond acceptors (Lipinski definition) is 7. The van der Waals surface area contributed by atoms with Crippen molar-refractivity contribution in [1.29, 1.82) is 0 Å². The number of nitrogens with one attached hydrogen (secondary N) is 1. The van der Waals surface area contributed by atoms with Crippen LogP contribution < -0.4 is 10.2 Å². The van der Waals surface area contributed by atoms with Gasteiger partial charge < -0.3 is 10.2 Å². The first-order valence-corrected chi connectivity index (χ1v) is 15.9. The first-order chi connectivity index (χ1) is 19.4. The maximum atomic E-state index is 10.5. The highest BCUT2D eigenvalue weighted by atomic mass is 32.2. The molecule has 2 fully saturated rings. The number of hydrogen-bond donors (Lipinski definition) is 3. The summed E-state index contributed by atoms with van der Waals surface area (Å²) in [6, 6.07) is 27.4. The summed E-state index contributed by atoms with van der Waals surface area (Å²) in [6.07, 6.45) is 1.98. The van der Waals surface area contributed by atoms with Crippen LogP contribution in [-0.4, -0.2) is 56.6 Å². The van der Waals surface area contributed by atoms with Gasteiger partial charge >= 0.3 is 0 Å². The van der Waals surface area contributed by atoms with Gasteiger partial charge in [0.1, 0.15) is 5.82 Å². The molecule has 3 N–H and O–H groups in total. The number of pyridine rings is 1. The van der Waals surface area contributed by atoms with Gasteiger partial charge in [-0.1, -0.05) is 65.7 Å². The minimum atomic E-state index is -4.02. The van der Waals surface area contributed by atoms with Gasteiger partial charge in [-0.3, -0.25) is 9.11 Å². The van der Waals surface area contributed by atoms with Gasteiger partial charge in [-0.15, -0.1) is 0 Å². The van der Waals surface area contributed by atoms with Gasteiger partial charge in [0.05, 0.1) is 9.79 Å². The number of nitrogens with zero attached hydrogens (tertiary/aromatic N) is 2. The number of aryl methyl sites for hydroxylation is 2. The largest absolute Gasteiger partial charge is 0.355 e. The molecule has 2 aliphatic heterocycles. The number of aromatic nitrogens is 1. The monoisotopic (exact) mass is 595 g/mol. The van der Waals surface area contributed by atoms with E-state index < -0.39 is 20.2 Å². The molecule has 41 heavy (non-hydrogen) atoms. The van der Waals surface area contributed by atoms with E-state index in [4.69, 9.17) is 9.11 Å². The van der Waals surface area contributed by atoms with Gasteiger partial charge in [0.15, 0.2) is 0 Å². The minimum absolute atomic E-state index is 0.0666. The molecule has 0 unspecified atom stereocenters.